The van der Waals surface area contributed by atoms with Gasteiger partial charge >= 0.3 is 7.60 Å². The summed E-state index contributed by atoms with van der Waals surface area (Å²) in [5.41, 5.74) is 2.45. The van der Waals surface area contributed by atoms with Crippen LogP contribution >= 0.6 is 7.60 Å². The molecule has 1 atom stereocenters. The van der Waals surface area contributed by atoms with Crippen molar-refractivity contribution in [3.63, 3.8) is 0 Å². The van der Waals surface area contributed by atoms with Gasteiger partial charge in [-0.25, -0.2) is 0 Å². The van der Waals surface area contributed by atoms with Gasteiger partial charge in [0.15, 0.2) is 0 Å². The summed E-state index contributed by atoms with van der Waals surface area (Å²) in [7, 11) is -7.98. The van der Waals surface area contributed by atoms with E-state index < -0.39 is 29.1 Å². The molecule has 2 aromatic carbocycles. The van der Waals surface area contributed by atoms with Crippen LogP contribution in [0.25, 0.3) is 0 Å². The van der Waals surface area contributed by atoms with Gasteiger partial charge < -0.3 is 9.05 Å². The first kappa shape index (κ1) is 23.8. The van der Waals surface area contributed by atoms with Crippen molar-refractivity contribution < 1.29 is 26.6 Å². The van der Waals surface area contributed by atoms with Crippen molar-refractivity contribution in [2.75, 3.05) is 19.0 Å². The molecule has 0 spiro atoms. The molecule has 0 saturated carbocycles. The monoisotopic (exact) mass is 440 g/mol. The summed E-state index contributed by atoms with van der Waals surface area (Å²) in [4.78, 5) is 0. The lowest BCUT2D eigenvalue weighted by atomic mass is 10.0. The normalized spacial score (nSPS) is 13.3. The molecular weight excluding hydrogens is 411 g/mol. The average molecular weight is 440 g/mol. The molecule has 0 aliphatic rings. The highest BCUT2D eigenvalue weighted by atomic mass is 32.2. The van der Waals surface area contributed by atoms with Crippen molar-refractivity contribution in [2.24, 2.45) is 0 Å². The van der Waals surface area contributed by atoms with Crippen molar-refractivity contribution in [1.82, 2.24) is 0 Å². The number of rotatable bonds is 12. The van der Waals surface area contributed by atoms with E-state index in [1.807, 2.05) is 42.5 Å². The van der Waals surface area contributed by atoms with Crippen LogP contribution in [0.2, 0.25) is 0 Å². The van der Waals surface area contributed by atoms with Gasteiger partial charge in [0, 0.05) is 0 Å². The van der Waals surface area contributed by atoms with E-state index in [0.717, 1.165) is 12.0 Å². The molecule has 160 valence electrons. The van der Waals surface area contributed by atoms with Gasteiger partial charge in [0.25, 0.3) is 10.1 Å². The standard InChI is InChI=1S/C21H29O6PS/c1-3-26-28(22,27-4-2)21(17-29(23,24)25)15-14-18-10-12-20(13-11-18)16-19-8-6-5-7-9-19/h5-13,21H,3-4,14-17H2,1-2H3,(H,23,24,25). The van der Waals surface area contributed by atoms with E-state index in [1.165, 1.54) is 11.1 Å². The van der Waals surface area contributed by atoms with Crippen LogP contribution in [0.5, 0.6) is 0 Å². The van der Waals surface area contributed by atoms with Gasteiger partial charge in [0.2, 0.25) is 0 Å². The summed E-state index contributed by atoms with van der Waals surface area (Å²) in [5.74, 6) is -0.656. The lowest BCUT2D eigenvalue weighted by Gasteiger charge is -2.25. The number of hydrogen-bond acceptors (Lipinski definition) is 5. The molecule has 0 aliphatic heterocycles. The van der Waals surface area contributed by atoms with Crippen molar-refractivity contribution in [3.8, 4) is 0 Å². The van der Waals surface area contributed by atoms with E-state index in [2.05, 4.69) is 12.1 Å². The zero-order valence-electron chi connectivity index (χ0n) is 16.9. The van der Waals surface area contributed by atoms with Crippen LogP contribution in [-0.4, -0.2) is 37.6 Å². The third kappa shape index (κ3) is 8.03. The van der Waals surface area contributed by atoms with E-state index in [0.29, 0.717) is 6.42 Å². The molecule has 0 heterocycles. The van der Waals surface area contributed by atoms with Gasteiger partial charge in [-0.05, 0) is 49.8 Å². The number of aryl methyl sites for hydroxylation is 1. The lowest BCUT2D eigenvalue weighted by Crippen LogP contribution is -2.24. The smallest absolute Gasteiger partial charge is 0.309 e. The second kappa shape index (κ2) is 11.0. The van der Waals surface area contributed by atoms with Crippen molar-refractivity contribution in [3.05, 3.63) is 71.3 Å². The first-order valence-electron chi connectivity index (χ1n) is 9.71. The summed E-state index contributed by atoms with van der Waals surface area (Å²) in [5, 5.41) is 0. The number of hydrogen-bond donors (Lipinski definition) is 1. The average Bonchev–Trinajstić information content (AvgIpc) is 2.66. The fraction of sp³-hybridized carbons (Fsp3) is 0.429. The molecule has 0 aliphatic carbocycles. The fourth-order valence-electron chi connectivity index (χ4n) is 3.17. The SMILES string of the molecule is CCOP(=O)(OCC)C(CCc1ccc(Cc2ccccc2)cc1)CS(=O)(=O)O. The van der Waals surface area contributed by atoms with Crippen LogP contribution in [0.4, 0.5) is 0 Å². The highest BCUT2D eigenvalue weighted by Gasteiger charge is 2.38. The zero-order chi connectivity index (χ0) is 21.3. The molecule has 0 radical (unpaired) electrons. The second-order valence-corrected chi connectivity index (χ2v) is 10.6. The summed E-state index contributed by atoms with van der Waals surface area (Å²) in [6, 6.07) is 18.2. The van der Waals surface area contributed by atoms with Gasteiger partial charge in [0.05, 0.1) is 24.6 Å². The minimum absolute atomic E-state index is 0.132. The van der Waals surface area contributed by atoms with E-state index in [9.17, 15) is 17.5 Å². The Kier molecular flexibility index (Phi) is 9.05. The molecule has 29 heavy (non-hydrogen) atoms. The molecule has 0 fully saturated rings. The number of benzene rings is 2. The van der Waals surface area contributed by atoms with Crippen molar-refractivity contribution >= 4 is 17.7 Å². The lowest BCUT2D eigenvalue weighted by molar-refractivity contribution is 0.212. The van der Waals surface area contributed by atoms with Gasteiger partial charge in [-0.1, -0.05) is 54.6 Å². The maximum absolute atomic E-state index is 13.0. The zero-order valence-corrected chi connectivity index (χ0v) is 18.6. The first-order chi connectivity index (χ1) is 13.8. The molecule has 2 rings (SSSR count). The quantitative estimate of drug-likeness (QED) is 0.379. The molecule has 1 unspecified atom stereocenters. The van der Waals surface area contributed by atoms with E-state index >= 15 is 0 Å². The highest BCUT2D eigenvalue weighted by molar-refractivity contribution is 7.86. The molecule has 0 aromatic heterocycles. The summed E-state index contributed by atoms with van der Waals surface area (Å²) in [6.45, 7) is 3.60. The predicted molar refractivity (Wildman–Crippen MR) is 115 cm³/mol. The van der Waals surface area contributed by atoms with Crippen LogP contribution in [0.1, 0.15) is 37.0 Å². The van der Waals surface area contributed by atoms with Gasteiger partial charge in [-0.15, -0.1) is 0 Å². The Balaban J connectivity index is 2.08. The summed E-state index contributed by atoms with van der Waals surface area (Å²) < 4.78 is 55.9. The maximum Gasteiger partial charge on any atom is 0.334 e. The van der Waals surface area contributed by atoms with Crippen LogP contribution in [0.15, 0.2) is 54.6 Å². The van der Waals surface area contributed by atoms with E-state index in [-0.39, 0.29) is 19.6 Å². The van der Waals surface area contributed by atoms with Gasteiger partial charge in [0.1, 0.15) is 0 Å². The minimum Gasteiger partial charge on any atom is -0.309 e. The Morgan fingerprint density at radius 3 is 1.93 bits per heavy atom. The molecule has 8 heteroatoms. The van der Waals surface area contributed by atoms with Crippen LogP contribution in [0, 0.1) is 0 Å². The Morgan fingerprint density at radius 1 is 0.897 bits per heavy atom. The Morgan fingerprint density at radius 2 is 1.41 bits per heavy atom. The van der Waals surface area contributed by atoms with Crippen LogP contribution < -0.4 is 0 Å². The Hall–Kier alpha value is -1.50. The topological polar surface area (TPSA) is 89.9 Å². The fourth-order valence-corrected chi connectivity index (χ4v) is 6.78. The second-order valence-electron chi connectivity index (χ2n) is 6.80. The first-order valence-corrected chi connectivity index (χ1v) is 12.9. The van der Waals surface area contributed by atoms with E-state index in [1.54, 1.807) is 13.8 Å². The molecule has 0 saturated heterocycles. The summed E-state index contributed by atoms with van der Waals surface area (Å²) >= 11 is 0. The molecule has 1 N–H and O–H groups in total. The van der Waals surface area contributed by atoms with Crippen molar-refractivity contribution in [2.45, 2.75) is 38.8 Å². The minimum atomic E-state index is -4.32. The van der Waals surface area contributed by atoms with Crippen LogP contribution in [0.3, 0.4) is 0 Å². The van der Waals surface area contributed by atoms with E-state index in [4.69, 9.17) is 9.05 Å². The third-order valence-electron chi connectivity index (χ3n) is 4.51. The summed E-state index contributed by atoms with van der Waals surface area (Å²) in [6.07, 6.45) is 1.58. The van der Waals surface area contributed by atoms with Gasteiger partial charge in [-0.3, -0.25) is 9.12 Å². The third-order valence-corrected chi connectivity index (χ3v) is 8.15. The molecule has 0 bridgehead atoms. The maximum atomic E-state index is 13.0. The highest BCUT2D eigenvalue weighted by Crippen LogP contribution is 2.54. The Labute approximate surface area is 173 Å². The molecule has 2 aromatic rings. The molecule has 6 nitrogen and oxygen atoms in total. The van der Waals surface area contributed by atoms with Crippen LogP contribution in [-0.2, 0) is 36.6 Å². The predicted octanol–water partition coefficient (Wildman–Crippen LogP) is 4.73. The van der Waals surface area contributed by atoms with Crippen molar-refractivity contribution in [1.29, 1.82) is 0 Å². The molecular formula is C21H29O6PS. The molecule has 0 amide bonds. The van der Waals surface area contributed by atoms with Gasteiger partial charge in [-0.2, -0.15) is 8.42 Å². The largest absolute Gasteiger partial charge is 0.334 e. The Bertz CT molecular complexity index is 887.